The van der Waals surface area contributed by atoms with Crippen molar-refractivity contribution in [1.29, 1.82) is 0 Å². The number of carboxylic acids is 1. The zero-order chi connectivity index (χ0) is 10.2. The molecule has 0 aromatic heterocycles. The molecule has 0 aliphatic carbocycles. The Kier molecular flexibility index (Phi) is 2.38. The highest BCUT2D eigenvalue weighted by atomic mass is 32.2. The SMILES string of the molecule is O=C(O)C1SC(C(F)(F)F)=CC1=O. The Balaban J connectivity index is 2.83. The lowest BCUT2D eigenvalue weighted by Crippen LogP contribution is -2.21. The van der Waals surface area contributed by atoms with E-state index >= 15 is 0 Å². The number of carbonyl (C=O) groups is 2. The molecular formula is C6H3F3O3S. The van der Waals surface area contributed by atoms with Crippen LogP contribution < -0.4 is 0 Å². The van der Waals surface area contributed by atoms with Gasteiger partial charge < -0.3 is 5.11 Å². The van der Waals surface area contributed by atoms with Crippen LogP contribution in [0.5, 0.6) is 0 Å². The molecule has 0 fully saturated rings. The molecule has 0 saturated carbocycles. The predicted molar refractivity (Wildman–Crippen MR) is 38.2 cm³/mol. The van der Waals surface area contributed by atoms with Gasteiger partial charge in [-0.1, -0.05) is 11.8 Å². The third-order valence-electron chi connectivity index (χ3n) is 1.28. The summed E-state index contributed by atoms with van der Waals surface area (Å²) in [4.78, 5) is 19.8. The quantitative estimate of drug-likeness (QED) is 0.663. The monoisotopic (exact) mass is 212 g/mol. The van der Waals surface area contributed by atoms with Crippen LogP contribution in [0, 0.1) is 0 Å². The van der Waals surface area contributed by atoms with Gasteiger partial charge in [0.05, 0.1) is 4.91 Å². The normalized spacial score (nSPS) is 23.2. The minimum Gasteiger partial charge on any atom is -0.480 e. The van der Waals surface area contributed by atoms with Gasteiger partial charge in [0.2, 0.25) is 0 Å². The molecule has 1 atom stereocenters. The fraction of sp³-hybridized carbons (Fsp3) is 0.333. The summed E-state index contributed by atoms with van der Waals surface area (Å²) < 4.78 is 35.8. The molecule has 0 radical (unpaired) electrons. The van der Waals surface area contributed by atoms with Crippen molar-refractivity contribution in [2.75, 3.05) is 0 Å². The topological polar surface area (TPSA) is 54.4 Å². The second kappa shape index (κ2) is 3.06. The Morgan fingerprint density at radius 2 is 2.08 bits per heavy atom. The lowest BCUT2D eigenvalue weighted by molar-refractivity contribution is -0.138. The highest BCUT2D eigenvalue weighted by Crippen LogP contribution is 2.41. The molecule has 1 rings (SSSR count). The Labute approximate surface area is 74.6 Å². The molecule has 0 bridgehead atoms. The van der Waals surface area contributed by atoms with Gasteiger partial charge >= 0.3 is 12.1 Å². The molecule has 13 heavy (non-hydrogen) atoms. The maximum Gasteiger partial charge on any atom is 0.422 e. The van der Waals surface area contributed by atoms with Gasteiger partial charge in [0.15, 0.2) is 11.0 Å². The molecule has 1 unspecified atom stereocenters. The summed E-state index contributed by atoms with van der Waals surface area (Å²) in [7, 11) is 0. The fourth-order valence-electron chi connectivity index (χ4n) is 0.745. The molecule has 3 nitrogen and oxygen atoms in total. The number of allylic oxidation sites excluding steroid dienone is 2. The number of hydrogen-bond donors (Lipinski definition) is 1. The van der Waals surface area contributed by atoms with Crippen LogP contribution >= 0.6 is 11.8 Å². The Morgan fingerprint density at radius 1 is 1.54 bits per heavy atom. The molecule has 0 spiro atoms. The molecule has 1 aliphatic rings. The van der Waals surface area contributed by atoms with Gasteiger partial charge in [-0.05, 0) is 0 Å². The van der Waals surface area contributed by atoms with Crippen molar-refractivity contribution < 1.29 is 27.9 Å². The van der Waals surface area contributed by atoms with E-state index in [9.17, 15) is 22.8 Å². The summed E-state index contributed by atoms with van der Waals surface area (Å²) in [6.45, 7) is 0. The van der Waals surface area contributed by atoms with Crippen molar-refractivity contribution in [1.82, 2.24) is 0 Å². The van der Waals surface area contributed by atoms with Crippen molar-refractivity contribution in [2.24, 2.45) is 0 Å². The third kappa shape index (κ3) is 2.03. The average molecular weight is 212 g/mol. The van der Waals surface area contributed by atoms with Crippen molar-refractivity contribution in [3.8, 4) is 0 Å². The maximum absolute atomic E-state index is 11.9. The lowest BCUT2D eigenvalue weighted by Gasteiger charge is -2.06. The van der Waals surface area contributed by atoms with Crippen LogP contribution in [0.2, 0.25) is 0 Å². The first-order valence-electron chi connectivity index (χ1n) is 3.04. The van der Waals surface area contributed by atoms with E-state index in [4.69, 9.17) is 5.11 Å². The van der Waals surface area contributed by atoms with Crippen molar-refractivity contribution in [3.05, 3.63) is 11.0 Å². The van der Waals surface area contributed by atoms with Crippen molar-refractivity contribution in [3.63, 3.8) is 0 Å². The number of alkyl halides is 3. The fourth-order valence-corrected chi connectivity index (χ4v) is 1.60. The summed E-state index contributed by atoms with van der Waals surface area (Å²) >= 11 is 0.0208. The summed E-state index contributed by atoms with van der Waals surface area (Å²) in [6.07, 6.45) is -4.31. The van der Waals surface area contributed by atoms with Crippen LogP contribution in [-0.2, 0) is 9.59 Å². The molecule has 1 heterocycles. The highest BCUT2D eigenvalue weighted by Gasteiger charge is 2.44. The van der Waals surface area contributed by atoms with Gasteiger partial charge in [-0.25, -0.2) is 0 Å². The molecule has 0 aromatic carbocycles. The number of halogens is 3. The second-order valence-corrected chi connectivity index (χ2v) is 3.39. The minimum atomic E-state index is -4.63. The molecular weight excluding hydrogens is 209 g/mol. The summed E-state index contributed by atoms with van der Waals surface area (Å²) in [6, 6.07) is 0. The van der Waals surface area contributed by atoms with Crippen LogP contribution in [0.3, 0.4) is 0 Å². The van der Waals surface area contributed by atoms with Gasteiger partial charge in [-0.2, -0.15) is 13.2 Å². The summed E-state index contributed by atoms with van der Waals surface area (Å²) in [5, 5.41) is 6.68. The van der Waals surface area contributed by atoms with E-state index in [1.54, 1.807) is 0 Å². The molecule has 0 saturated heterocycles. The number of rotatable bonds is 1. The van der Waals surface area contributed by atoms with Crippen molar-refractivity contribution >= 4 is 23.5 Å². The van der Waals surface area contributed by atoms with Crippen LogP contribution in [0.25, 0.3) is 0 Å². The highest BCUT2D eigenvalue weighted by molar-refractivity contribution is 8.05. The first-order valence-corrected chi connectivity index (χ1v) is 3.92. The Hall–Kier alpha value is -0.980. The lowest BCUT2D eigenvalue weighted by atomic mass is 10.2. The van der Waals surface area contributed by atoms with E-state index in [1.807, 2.05) is 0 Å². The van der Waals surface area contributed by atoms with Crippen LogP contribution in [0.4, 0.5) is 13.2 Å². The minimum absolute atomic E-state index is 0.0208. The van der Waals surface area contributed by atoms with Gasteiger partial charge in [0.25, 0.3) is 0 Å². The Morgan fingerprint density at radius 3 is 2.31 bits per heavy atom. The predicted octanol–water partition coefficient (Wildman–Crippen LogP) is 1.20. The number of ketones is 1. The number of thioether (sulfide) groups is 1. The Bertz CT molecular complexity index is 294. The zero-order valence-electron chi connectivity index (χ0n) is 5.96. The molecule has 0 amide bonds. The third-order valence-corrected chi connectivity index (χ3v) is 2.55. The van der Waals surface area contributed by atoms with Gasteiger partial charge in [-0.3, -0.25) is 9.59 Å². The van der Waals surface area contributed by atoms with E-state index in [0.717, 1.165) is 0 Å². The molecule has 1 aliphatic heterocycles. The largest absolute Gasteiger partial charge is 0.480 e. The van der Waals surface area contributed by atoms with Crippen LogP contribution in [-0.4, -0.2) is 28.3 Å². The molecule has 72 valence electrons. The first-order chi connectivity index (χ1) is 5.82. The standard InChI is InChI=1S/C6H3F3O3S/c7-6(8,9)3-1-2(10)4(13-3)5(11)12/h1,4H,(H,11,12). The van der Waals surface area contributed by atoms with Crippen LogP contribution in [0.15, 0.2) is 11.0 Å². The number of hydrogen-bond acceptors (Lipinski definition) is 3. The second-order valence-electron chi connectivity index (χ2n) is 2.24. The summed E-state index contributed by atoms with van der Waals surface area (Å²) in [5.74, 6) is -2.57. The van der Waals surface area contributed by atoms with Gasteiger partial charge in [-0.15, -0.1) is 0 Å². The summed E-state index contributed by atoms with van der Waals surface area (Å²) in [5.41, 5.74) is 0. The number of carbonyl (C=O) groups excluding carboxylic acids is 1. The van der Waals surface area contributed by atoms with Gasteiger partial charge in [0.1, 0.15) is 0 Å². The van der Waals surface area contributed by atoms with E-state index in [1.165, 1.54) is 0 Å². The number of carboxylic acid groups (broad SMARTS) is 1. The molecule has 7 heteroatoms. The van der Waals surface area contributed by atoms with E-state index < -0.39 is 28.1 Å². The van der Waals surface area contributed by atoms with Crippen LogP contribution in [0.1, 0.15) is 0 Å². The number of aliphatic carboxylic acids is 1. The molecule has 0 aromatic rings. The first kappa shape index (κ1) is 10.1. The van der Waals surface area contributed by atoms with E-state index in [2.05, 4.69) is 0 Å². The van der Waals surface area contributed by atoms with E-state index in [0.29, 0.717) is 6.08 Å². The van der Waals surface area contributed by atoms with Gasteiger partial charge in [0, 0.05) is 6.08 Å². The maximum atomic E-state index is 11.9. The molecule has 1 N–H and O–H groups in total. The van der Waals surface area contributed by atoms with Crippen molar-refractivity contribution in [2.45, 2.75) is 11.4 Å². The average Bonchev–Trinajstić information content (AvgIpc) is 2.29. The smallest absolute Gasteiger partial charge is 0.422 e. The van der Waals surface area contributed by atoms with E-state index in [-0.39, 0.29) is 11.8 Å². The zero-order valence-corrected chi connectivity index (χ0v) is 6.78.